The maximum atomic E-state index is 12.3. The van der Waals surface area contributed by atoms with Gasteiger partial charge < -0.3 is 5.11 Å². The summed E-state index contributed by atoms with van der Waals surface area (Å²) in [6.07, 6.45) is 0. The fraction of sp³-hybridized carbons (Fsp3) is 0.0345. The molecule has 5 aromatic rings. The van der Waals surface area contributed by atoms with E-state index < -0.39 is 5.60 Å². The Morgan fingerprint density at radius 2 is 0.967 bits per heavy atom. The number of aliphatic hydroxyl groups is 1. The average molecular weight is 386 g/mol. The molecule has 1 heteroatoms. The van der Waals surface area contributed by atoms with Crippen LogP contribution >= 0.6 is 0 Å². The van der Waals surface area contributed by atoms with Crippen LogP contribution in [0.15, 0.2) is 127 Å². The van der Waals surface area contributed by atoms with Crippen LogP contribution in [0.4, 0.5) is 0 Å². The number of hydrogen-bond acceptors (Lipinski definition) is 1. The van der Waals surface area contributed by atoms with Crippen LogP contribution in [0.1, 0.15) is 16.7 Å². The Morgan fingerprint density at radius 1 is 0.433 bits per heavy atom. The van der Waals surface area contributed by atoms with Crippen molar-refractivity contribution in [1.29, 1.82) is 0 Å². The predicted octanol–water partition coefficient (Wildman–Crippen LogP) is 6.79. The Hall–Kier alpha value is -3.68. The van der Waals surface area contributed by atoms with Crippen molar-refractivity contribution in [1.82, 2.24) is 0 Å². The second kappa shape index (κ2) is 7.62. The van der Waals surface area contributed by atoms with E-state index in [4.69, 9.17) is 0 Å². The molecule has 0 unspecified atom stereocenters. The smallest absolute Gasteiger partial charge is 0.141 e. The molecule has 144 valence electrons. The van der Waals surface area contributed by atoms with Crippen LogP contribution < -0.4 is 0 Å². The second-order valence-electron chi connectivity index (χ2n) is 7.55. The van der Waals surface area contributed by atoms with Gasteiger partial charge in [-0.2, -0.15) is 0 Å². The molecule has 0 heterocycles. The lowest BCUT2D eigenvalue weighted by Crippen LogP contribution is -2.29. The van der Waals surface area contributed by atoms with E-state index >= 15 is 0 Å². The monoisotopic (exact) mass is 386 g/mol. The Labute approximate surface area is 176 Å². The van der Waals surface area contributed by atoms with Gasteiger partial charge in [-0.25, -0.2) is 0 Å². The zero-order chi connectivity index (χ0) is 20.4. The van der Waals surface area contributed by atoms with Gasteiger partial charge in [-0.1, -0.05) is 127 Å². The van der Waals surface area contributed by atoms with E-state index in [9.17, 15) is 5.11 Å². The van der Waals surface area contributed by atoms with Gasteiger partial charge in [0.05, 0.1) is 0 Å². The van der Waals surface area contributed by atoms with Gasteiger partial charge in [0.25, 0.3) is 0 Å². The molecule has 5 rings (SSSR count). The van der Waals surface area contributed by atoms with Gasteiger partial charge in [-0.3, -0.25) is 0 Å². The Kier molecular flexibility index (Phi) is 4.66. The molecule has 0 aliphatic heterocycles. The molecule has 0 saturated carbocycles. The van der Waals surface area contributed by atoms with Crippen LogP contribution in [0.2, 0.25) is 0 Å². The number of benzene rings is 5. The van der Waals surface area contributed by atoms with Crippen molar-refractivity contribution in [3.8, 4) is 11.1 Å². The van der Waals surface area contributed by atoms with Crippen LogP contribution in [-0.2, 0) is 5.60 Å². The van der Waals surface area contributed by atoms with Gasteiger partial charge in [0.1, 0.15) is 5.60 Å². The summed E-state index contributed by atoms with van der Waals surface area (Å²) in [4.78, 5) is 0. The first kappa shape index (κ1) is 18.4. The minimum Gasteiger partial charge on any atom is -0.376 e. The quantitative estimate of drug-likeness (QED) is 0.337. The second-order valence-corrected chi connectivity index (χ2v) is 7.55. The summed E-state index contributed by atoms with van der Waals surface area (Å²) in [5.41, 5.74) is 3.64. The molecule has 1 N–H and O–H groups in total. The van der Waals surface area contributed by atoms with Crippen molar-refractivity contribution in [2.45, 2.75) is 5.60 Å². The van der Waals surface area contributed by atoms with Gasteiger partial charge in [-0.05, 0) is 33.0 Å². The Balaban J connectivity index is 1.72. The molecule has 30 heavy (non-hydrogen) atoms. The highest BCUT2D eigenvalue weighted by atomic mass is 16.3. The largest absolute Gasteiger partial charge is 0.376 e. The Bertz CT molecular complexity index is 1270. The molecule has 0 aromatic heterocycles. The molecule has 0 spiro atoms. The molecule has 0 aliphatic carbocycles. The lowest BCUT2D eigenvalue weighted by atomic mass is 9.78. The fourth-order valence-electron chi connectivity index (χ4n) is 4.23. The van der Waals surface area contributed by atoms with Crippen LogP contribution in [0.25, 0.3) is 21.9 Å². The van der Waals surface area contributed by atoms with Gasteiger partial charge in [0, 0.05) is 5.56 Å². The molecule has 0 amide bonds. The van der Waals surface area contributed by atoms with Gasteiger partial charge in [0.15, 0.2) is 0 Å². The SMILES string of the molecule is O[C@@](c1ccccc1)(c1ccc(-c2ccccc2)cc1)c1cccc2ccccc12. The molecule has 0 aliphatic rings. The molecular formula is C29H22O. The predicted molar refractivity (Wildman–Crippen MR) is 124 cm³/mol. The fourth-order valence-corrected chi connectivity index (χ4v) is 4.23. The van der Waals surface area contributed by atoms with Gasteiger partial charge in [-0.15, -0.1) is 0 Å². The van der Waals surface area contributed by atoms with Crippen LogP contribution in [0, 0.1) is 0 Å². The first-order valence-electron chi connectivity index (χ1n) is 10.2. The number of rotatable bonds is 4. The van der Waals surface area contributed by atoms with Crippen molar-refractivity contribution in [3.63, 3.8) is 0 Å². The van der Waals surface area contributed by atoms with Crippen molar-refractivity contribution in [2.75, 3.05) is 0 Å². The van der Waals surface area contributed by atoms with Crippen molar-refractivity contribution in [2.24, 2.45) is 0 Å². The molecule has 1 nitrogen and oxygen atoms in total. The summed E-state index contributed by atoms with van der Waals surface area (Å²) in [5, 5.41) is 14.5. The number of fused-ring (bicyclic) bond motifs is 1. The molecule has 0 bridgehead atoms. The topological polar surface area (TPSA) is 20.2 Å². The zero-order valence-electron chi connectivity index (χ0n) is 16.6. The van der Waals surface area contributed by atoms with E-state index in [2.05, 4.69) is 42.5 Å². The van der Waals surface area contributed by atoms with E-state index in [-0.39, 0.29) is 0 Å². The van der Waals surface area contributed by atoms with E-state index in [0.717, 1.165) is 38.6 Å². The van der Waals surface area contributed by atoms with E-state index in [1.807, 2.05) is 84.9 Å². The van der Waals surface area contributed by atoms with Crippen molar-refractivity contribution >= 4 is 10.8 Å². The van der Waals surface area contributed by atoms with E-state index in [0.29, 0.717) is 0 Å². The molecular weight excluding hydrogens is 364 g/mol. The summed E-state index contributed by atoms with van der Waals surface area (Å²) >= 11 is 0. The first-order valence-corrected chi connectivity index (χ1v) is 10.2. The summed E-state index contributed by atoms with van der Waals surface area (Å²) in [6.45, 7) is 0. The van der Waals surface area contributed by atoms with E-state index in [1.165, 1.54) is 0 Å². The first-order chi connectivity index (χ1) is 14.8. The maximum absolute atomic E-state index is 12.3. The normalized spacial score (nSPS) is 13.1. The lowest BCUT2D eigenvalue weighted by molar-refractivity contribution is 0.127. The third kappa shape index (κ3) is 3.10. The Morgan fingerprint density at radius 3 is 1.70 bits per heavy atom. The van der Waals surface area contributed by atoms with E-state index in [1.54, 1.807) is 0 Å². The minimum atomic E-state index is -1.25. The standard InChI is InChI=1S/C29H22O/c30-29(25-14-5-2-6-15-25,28-17-9-13-24-12-7-8-16-27(24)28)26-20-18-23(19-21-26)22-10-3-1-4-11-22/h1-21,30H/t29-/m0/s1. The maximum Gasteiger partial charge on any atom is 0.141 e. The third-order valence-corrected chi connectivity index (χ3v) is 5.78. The highest BCUT2D eigenvalue weighted by molar-refractivity contribution is 5.87. The summed E-state index contributed by atoms with van der Waals surface area (Å²) in [5.74, 6) is 0. The van der Waals surface area contributed by atoms with Crippen LogP contribution in [-0.4, -0.2) is 5.11 Å². The molecule has 0 fully saturated rings. The number of hydrogen-bond donors (Lipinski definition) is 1. The van der Waals surface area contributed by atoms with Crippen LogP contribution in [0.3, 0.4) is 0 Å². The highest BCUT2D eigenvalue weighted by Gasteiger charge is 2.35. The molecule has 1 atom stereocenters. The van der Waals surface area contributed by atoms with Gasteiger partial charge in [0.2, 0.25) is 0 Å². The summed E-state index contributed by atoms with van der Waals surface area (Å²) < 4.78 is 0. The zero-order valence-corrected chi connectivity index (χ0v) is 16.6. The van der Waals surface area contributed by atoms with Crippen molar-refractivity contribution in [3.05, 3.63) is 144 Å². The molecule has 5 aromatic carbocycles. The van der Waals surface area contributed by atoms with Gasteiger partial charge >= 0.3 is 0 Å². The lowest BCUT2D eigenvalue weighted by Gasteiger charge is -2.31. The minimum absolute atomic E-state index is 0.852. The third-order valence-electron chi connectivity index (χ3n) is 5.78. The van der Waals surface area contributed by atoms with Crippen LogP contribution in [0.5, 0.6) is 0 Å². The highest BCUT2D eigenvalue weighted by Crippen LogP contribution is 2.40. The molecule has 0 saturated heterocycles. The molecule has 0 radical (unpaired) electrons. The summed E-state index contributed by atoms with van der Waals surface area (Å²) in [6, 6.07) is 42.8. The average Bonchev–Trinajstić information content (AvgIpc) is 2.84. The summed E-state index contributed by atoms with van der Waals surface area (Å²) in [7, 11) is 0. The van der Waals surface area contributed by atoms with Crippen molar-refractivity contribution < 1.29 is 5.11 Å².